The fraction of sp³-hybridized carbons (Fsp3) is 0.0833. The van der Waals surface area contributed by atoms with Gasteiger partial charge in [-0.15, -0.1) is 0 Å². The summed E-state index contributed by atoms with van der Waals surface area (Å²) in [5, 5.41) is 9.15. The van der Waals surface area contributed by atoms with E-state index in [1.807, 2.05) is 0 Å². The van der Waals surface area contributed by atoms with Crippen LogP contribution in [0.25, 0.3) is 0 Å². The van der Waals surface area contributed by atoms with Crippen LogP contribution in [0.2, 0.25) is 5.02 Å². The number of pyridine rings is 1. The SMILES string of the molecule is OCc1cnc(Oc2cccc(F)c2)c(Cl)c1. The molecule has 0 fully saturated rings. The van der Waals surface area contributed by atoms with Crippen molar-refractivity contribution in [3.05, 3.63) is 52.9 Å². The standard InChI is InChI=1S/C12H9ClFNO2/c13-11-4-8(7-16)6-15-12(11)17-10-3-1-2-9(14)5-10/h1-6,16H,7H2. The normalized spacial score (nSPS) is 10.3. The van der Waals surface area contributed by atoms with Crippen molar-refractivity contribution >= 4 is 11.6 Å². The molecule has 0 aliphatic heterocycles. The minimum atomic E-state index is -0.398. The maximum absolute atomic E-state index is 12.9. The van der Waals surface area contributed by atoms with Gasteiger partial charge in [0.2, 0.25) is 5.88 Å². The number of hydrogen-bond acceptors (Lipinski definition) is 3. The fourth-order valence-electron chi connectivity index (χ4n) is 1.27. The van der Waals surface area contributed by atoms with Gasteiger partial charge in [0.05, 0.1) is 6.61 Å². The second-order valence-electron chi connectivity index (χ2n) is 3.35. The van der Waals surface area contributed by atoms with Crippen LogP contribution in [-0.4, -0.2) is 10.1 Å². The van der Waals surface area contributed by atoms with Crippen LogP contribution in [0.3, 0.4) is 0 Å². The van der Waals surface area contributed by atoms with Crippen LogP contribution in [0.1, 0.15) is 5.56 Å². The maximum Gasteiger partial charge on any atom is 0.238 e. The van der Waals surface area contributed by atoms with E-state index >= 15 is 0 Å². The van der Waals surface area contributed by atoms with Gasteiger partial charge in [-0.2, -0.15) is 0 Å². The van der Waals surface area contributed by atoms with Crippen molar-refractivity contribution in [2.75, 3.05) is 0 Å². The minimum Gasteiger partial charge on any atom is -0.437 e. The zero-order valence-corrected chi connectivity index (χ0v) is 9.49. The Labute approximate surface area is 102 Å². The zero-order valence-electron chi connectivity index (χ0n) is 8.73. The van der Waals surface area contributed by atoms with Crippen LogP contribution in [0, 0.1) is 5.82 Å². The van der Waals surface area contributed by atoms with Gasteiger partial charge in [0.15, 0.2) is 0 Å². The Morgan fingerprint density at radius 3 is 2.82 bits per heavy atom. The molecule has 3 nitrogen and oxygen atoms in total. The number of hydrogen-bond donors (Lipinski definition) is 1. The zero-order chi connectivity index (χ0) is 12.3. The molecule has 0 unspecified atom stereocenters. The molecule has 0 bridgehead atoms. The summed E-state index contributed by atoms with van der Waals surface area (Å²) >= 11 is 5.91. The van der Waals surface area contributed by atoms with Crippen molar-refractivity contribution in [2.24, 2.45) is 0 Å². The summed E-state index contributed by atoms with van der Waals surface area (Å²) in [5.74, 6) is 0.0937. The fourth-order valence-corrected chi connectivity index (χ4v) is 1.50. The van der Waals surface area contributed by atoms with E-state index < -0.39 is 5.82 Å². The summed E-state index contributed by atoms with van der Waals surface area (Å²) in [6.45, 7) is -0.146. The van der Waals surface area contributed by atoms with Gasteiger partial charge < -0.3 is 9.84 Å². The van der Waals surface area contributed by atoms with Crippen LogP contribution in [-0.2, 0) is 6.61 Å². The average molecular weight is 254 g/mol. The highest BCUT2D eigenvalue weighted by atomic mass is 35.5. The molecule has 2 rings (SSSR count). The van der Waals surface area contributed by atoms with E-state index in [0.29, 0.717) is 11.3 Å². The van der Waals surface area contributed by atoms with Crippen molar-refractivity contribution in [3.8, 4) is 11.6 Å². The number of aliphatic hydroxyl groups is 1. The van der Waals surface area contributed by atoms with Gasteiger partial charge in [0.25, 0.3) is 0 Å². The van der Waals surface area contributed by atoms with Crippen LogP contribution < -0.4 is 4.74 Å². The second kappa shape index (κ2) is 5.12. The number of nitrogens with zero attached hydrogens (tertiary/aromatic N) is 1. The quantitative estimate of drug-likeness (QED) is 0.914. The number of ether oxygens (including phenoxy) is 1. The number of aliphatic hydroxyl groups excluding tert-OH is 1. The first-order valence-corrected chi connectivity index (χ1v) is 5.25. The summed E-state index contributed by atoms with van der Waals surface area (Å²) in [7, 11) is 0. The molecule has 1 aromatic heterocycles. The highest BCUT2D eigenvalue weighted by molar-refractivity contribution is 6.31. The number of benzene rings is 1. The number of halogens is 2. The number of rotatable bonds is 3. The Bertz CT molecular complexity index is 534. The molecule has 88 valence electrons. The third kappa shape index (κ3) is 2.93. The Balaban J connectivity index is 2.24. The van der Waals surface area contributed by atoms with Crippen molar-refractivity contribution in [3.63, 3.8) is 0 Å². The largest absolute Gasteiger partial charge is 0.437 e. The van der Waals surface area contributed by atoms with E-state index in [0.717, 1.165) is 0 Å². The highest BCUT2D eigenvalue weighted by Crippen LogP contribution is 2.27. The monoisotopic (exact) mass is 253 g/mol. The van der Waals surface area contributed by atoms with E-state index in [9.17, 15) is 4.39 Å². The Morgan fingerprint density at radius 1 is 1.35 bits per heavy atom. The first kappa shape index (κ1) is 11.8. The van der Waals surface area contributed by atoms with E-state index in [-0.39, 0.29) is 17.5 Å². The van der Waals surface area contributed by atoms with Crippen LogP contribution >= 0.6 is 11.6 Å². The minimum absolute atomic E-state index is 0.146. The van der Waals surface area contributed by atoms with Gasteiger partial charge >= 0.3 is 0 Å². The van der Waals surface area contributed by atoms with E-state index in [1.54, 1.807) is 12.1 Å². The lowest BCUT2D eigenvalue weighted by Gasteiger charge is -2.07. The molecule has 2 aromatic rings. The average Bonchev–Trinajstić information content (AvgIpc) is 2.32. The molecule has 0 aliphatic rings. The molecule has 17 heavy (non-hydrogen) atoms. The lowest BCUT2D eigenvalue weighted by atomic mass is 10.3. The lowest BCUT2D eigenvalue weighted by molar-refractivity contribution is 0.281. The van der Waals surface area contributed by atoms with Crippen LogP contribution in [0.15, 0.2) is 36.5 Å². The molecular formula is C12H9ClFNO2. The first-order valence-electron chi connectivity index (χ1n) is 4.88. The molecule has 0 amide bonds. The summed E-state index contributed by atoms with van der Waals surface area (Å²) in [5.41, 5.74) is 0.585. The van der Waals surface area contributed by atoms with Crippen molar-refractivity contribution in [1.82, 2.24) is 4.98 Å². The molecule has 1 aromatic carbocycles. The lowest BCUT2D eigenvalue weighted by Crippen LogP contribution is -1.92. The Kier molecular flexibility index (Phi) is 3.56. The molecule has 0 atom stereocenters. The smallest absolute Gasteiger partial charge is 0.238 e. The Morgan fingerprint density at radius 2 is 2.18 bits per heavy atom. The second-order valence-corrected chi connectivity index (χ2v) is 3.76. The maximum atomic E-state index is 12.9. The van der Waals surface area contributed by atoms with E-state index in [2.05, 4.69) is 4.98 Å². The summed E-state index contributed by atoms with van der Waals surface area (Å²) < 4.78 is 18.2. The van der Waals surface area contributed by atoms with Crippen molar-refractivity contribution < 1.29 is 14.2 Å². The third-order valence-electron chi connectivity index (χ3n) is 2.06. The van der Waals surface area contributed by atoms with Gasteiger partial charge in [-0.1, -0.05) is 17.7 Å². The van der Waals surface area contributed by atoms with Gasteiger partial charge in [-0.3, -0.25) is 0 Å². The molecule has 5 heteroatoms. The molecule has 0 saturated heterocycles. The summed E-state index contributed by atoms with van der Waals surface area (Å²) in [6, 6.07) is 7.22. The van der Waals surface area contributed by atoms with E-state index in [1.165, 1.54) is 24.4 Å². The highest BCUT2D eigenvalue weighted by Gasteiger charge is 2.06. The van der Waals surface area contributed by atoms with Crippen molar-refractivity contribution in [2.45, 2.75) is 6.61 Å². The molecule has 1 N–H and O–H groups in total. The van der Waals surface area contributed by atoms with Crippen molar-refractivity contribution in [1.29, 1.82) is 0 Å². The Hall–Kier alpha value is -1.65. The molecule has 0 aliphatic carbocycles. The molecular weight excluding hydrogens is 245 g/mol. The summed E-state index contributed by atoms with van der Waals surface area (Å²) in [4.78, 5) is 3.94. The molecule has 0 saturated carbocycles. The van der Waals surface area contributed by atoms with Gasteiger partial charge in [0, 0.05) is 12.3 Å². The molecule has 0 radical (unpaired) electrons. The molecule has 1 heterocycles. The third-order valence-corrected chi connectivity index (χ3v) is 2.33. The van der Waals surface area contributed by atoms with Gasteiger partial charge in [-0.05, 0) is 23.8 Å². The predicted molar refractivity (Wildman–Crippen MR) is 61.6 cm³/mol. The predicted octanol–water partition coefficient (Wildman–Crippen LogP) is 3.16. The first-order chi connectivity index (χ1) is 8.19. The molecule has 0 spiro atoms. The van der Waals surface area contributed by atoms with Gasteiger partial charge in [0.1, 0.15) is 16.6 Å². The summed E-state index contributed by atoms with van der Waals surface area (Å²) in [6.07, 6.45) is 1.44. The van der Waals surface area contributed by atoms with Gasteiger partial charge in [-0.25, -0.2) is 9.37 Å². The topological polar surface area (TPSA) is 42.4 Å². The van der Waals surface area contributed by atoms with Crippen LogP contribution in [0.4, 0.5) is 4.39 Å². The number of aromatic nitrogens is 1. The van der Waals surface area contributed by atoms with Crippen LogP contribution in [0.5, 0.6) is 11.6 Å². The van der Waals surface area contributed by atoms with E-state index in [4.69, 9.17) is 21.4 Å².